The van der Waals surface area contributed by atoms with Crippen LogP contribution in [-0.4, -0.2) is 25.4 Å². The molecule has 2 rings (SSSR count). The number of carbonyl (C=O) groups excluding carboxylic acids is 2. The van der Waals surface area contributed by atoms with Crippen molar-refractivity contribution in [1.29, 1.82) is 0 Å². The Morgan fingerprint density at radius 1 is 1.00 bits per heavy atom. The fourth-order valence-corrected chi connectivity index (χ4v) is 1.75. The van der Waals surface area contributed by atoms with Gasteiger partial charge in [-0.1, -0.05) is 48.5 Å². The number of hydrogen-bond donors (Lipinski definition) is 1. The molecular formula is C17H17NO5. The summed E-state index contributed by atoms with van der Waals surface area (Å²) in [5.41, 5.74) is 0.834. The van der Waals surface area contributed by atoms with Crippen molar-refractivity contribution >= 4 is 12.1 Å². The average Bonchev–Trinajstić information content (AvgIpc) is 2.60. The molecule has 120 valence electrons. The Kier molecular flexibility index (Phi) is 5.99. The van der Waals surface area contributed by atoms with Crippen LogP contribution in [0.15, 0.2) is 60.7 Å². The van der Waals surface area contributed by atoms with Crippen molar-refractivity contribution in [2.24, 2.45) is 0 Å². The monoisotopic (exact) mass is 315 g/mol. The van der Waals surface area contributed by atoms with Crippen LogP contribution in [-0.2, 0) is 20.9 Å². The Balaban J connectivity index is 1.91. The number of alkyl carbamates (subject to hydrolysis) is 1. The van der Waals surface area contributed by atoms with Gasteiger partial charge in [-0.15, -0.1) is 0 Å². The van der Waals surface area contributed by atoms with Crippen LogP contribution in [0.25, 0.3) is 0 Å². The molecule has 0 aliphatic rings. The van der Waals surface area contributed by atoms with E-state index in [0.717, 1.165) is 5.56 Å². The van der Waals surface area contributed by atoms with E-state index < -0.39 is 18.3 Å². The number of carbonyl (C=O) groups is 2. The van der Waals surface area contributed by atoms with Gasteiger partial charge in [0, 0.05) is 0 Å². The molecule has 0 saturated carbocycles. The van der Waals surface area contributed by atoms with E-state index in [0.29, 0.717) is 5.75 Å². The van der Waals surface area contributed by atoms with Gasteiger partial charge in [-0.2, -0.15) is 0 Å². The van der Waals surface area contributed by atoms with Crippen LogP contribution >= 0.6 is 0 Å². The molecule has 0 fully saturated rings. The van der Waals surface area contributed by atoms with Crippen LogP contribution in [0, 0.1) is 0 Å². The first kappa shape index (κ1) is 16.4. The zero-order chi connectivity index (χ0) is 16.5. The van der Waals surface area contributed by atoms with Gasteiger partial charge in [0.2, 0.25) is 0 Å². The summed E-state index contributed by atoms with van der Waals surface area (Å²) in [6.45, 7) is 0.0892. The highest BCUT2D eigenvalue weighted by molar-refractivity contribution is 5.80. The molecule has 1 unspecified atom stereocenters. The van der Waals surface area contributed by atoms with Crippen LogP contribution in [0.3, 0.4) is 0 Å². The first-order valence-electron chi connectivity index (χ1n) is 6.96. The first-order chi connectivity index (χ1) is 11.2. The smallest absolute Gasteiger partial charge is 0.410 e. The van der Waals surface area contributed by atoms with Crippen molar-refractivity contribution in [1.82, 2.24) is 5.32 Å². The second-order valence-corrected chi connectivity index (χ2v) is 4.54. The lowest BCUT2D eigenvalue weighted by atomic mass is 10.2. The van der Waals surface area contributed by atoms with Gasteiger partial charge >= 0.3 is 12.1 Å². The molecule has 0 spiro atoms. The van der Waals surface area contributed by atoms with Crippen molar-refractivity contribution in [3.05, 3.63) is 66.2 Å². The van der Waals surface area contributed by atoms with Gasteiger partial charge in [0.1, 0.15) is 12.4 Å². The maximum atomic E-state index is 11.8. The summed E-state index contributed by atoms with van der Waals surface area (Å²) < 4.78 is 15.1. The number of rotatable bonds is 6. The fourth-order valence-electron chi connectivity index (χ4n) is 1.75. The van der Waals surface area contributed by atoms with Crippen molar-refractivity contribution < 1.29 is 23.8 Å². The lowest BCUT2D eigenvalue weighted by Crippen LogP contribution is -2.45. The van der Waals surface area contributed by atoms with Crippen molar-refractivity contribution in [3.63, 3.8) is 0 Å². The molecule has 1 N–H and O–H groups in total. The maximum absolute atomic E-state index is 11.8. The molecule has 0 aliphatic heterocycles. The lowest BCUT2D eigenvalue weighted by Gasteiger charge is -2.18. The van der Waals surface area contributed by atoms with E-state index in [1.807, 2.05) is 36.4 Å². The molecule has 0 saturated heterocycles. The summed E-state index contributed by atoms with van der Waals surface area (Å²) in [4.78, 5) is 23.5. The Bertz CT molecular complexity index is 630. The molecule has 0 heterocycles. The van der Waals surface area contributed by atoms with Gasteiger partial charge in [-0.3, -0.25) is 5.32 Å². The summed E-state index contributed by atoms with van der Waals surface area (Å²) >= 11 is 0. The number of para-hydroxylation sites is 1. The summed E-state index contributed by atoms with van der Waals surface area (Å²) in [6, 6.07) is 17.8. The molecule has 0 aromatic heterocycles. The zero-order valence-electron chi connectivity index (χ0n) is 12.6. The van der Waals surface area contributed by atoms with E-state index in [9.17, 15) is 9.59 Å². The van der Waals surface area contributed by atoms with Crippen LogP contribution in [0.5, 0.6) is 5.75 Å². The van der Waals surface area contributed by atoms with Crippen LogP contribution in [0.4, 0.5) is 4.79 Å². The molecule has 1 atom stereocenters. The lowest BCUT2D eigenvalue weighted by molar-refractivity contribution is -0.150. The summed E-state index contributed by atoms with van der Waals surface area (Å²) in [5, 5.41) is 2.33. The zero-order valence-corrected chi connectivity index (χ0v) is 12.6. The average molecular weight is 315 g/mol. The van der Waals surface area contributed by atoms with Gasteiger partial charge in [-0.25, -0.2) is 9.59 Å². The van der Waals surface area contributed by atoms with Crippen LogP contribution in [0.2, 0.25) is 0 Å². The van der Waals surface area contributed by atoms with Crippen molar-refractivity contribution in [2.75, 3.05) is 7.11 Å². The van der Waals surface area contributed by atoms with Crippen LogP contribution in [0.1, 0.15) is 5.56 Å². The quantitative estimate of drug-likeness (QED) is 0.655. The number of hydrogen-bond acceptors (Lipinski definition) is 5. The standard InChI is InChI=1S/C17H17NO5/c1-21-16(19)15(23-14-10-6-3-7-11-14)18-17(20)22-12-13-8-4-2-5-9-13/h2-11,15H,12H2,1H3,(H,18,20). The number of benzene rings is 2. The Hall–Kier alpha value is -3.02. The third-order valence-corrected chi connectivity index (χ3v) is 2.87. The number of esters is 1. The summed E-state index contributed by atoms with van der Waals surface area (Å²) in [7, 11) is 1.21. The van der Waals surface area contributed by atoms with E-state index in [1.165, 1.54) is 7.11 Å². The van der Waals surface area contributed by atoms with Gasteiger partial charge in [0.25, 0.3) is 6.23 Å². The molecule has 2 aromatic carbocycles. The third kappa shape index (κ3) is 5.35. The number of amides is 1. The molecule has 0 bridgehead atoms. The molecule has 2 aromatic rings. The molecule has 0 aliphatic carbocycles. The highest BCUT2D eigenvalue weighted by Crippen LogP contribution is 2.11. The van der Waals surface area contributed by atoms with E-state index >= 15 is 0 Å². The van der Waals surface area contributed by atoms with E-state index in [2.05, 4.69) is 10.1 Å². The third-order valence-electron chi connectivity index (χ3n) is 2.87. The minimum Gasteiger partial charge on any atom is -0.465 e. The fraction of sp³-hybridized carbons (Fsp3) is 0.176. The second-order valence-electron chi connectivity index (χ2n) is 4.54. The van der Waals surface area contributed by atoms with Gasteiger partial charge in [0.05, 0.1) is 7.11 Å². The minimum absolute atomic E-state index is 0.0892. The molecular weight excluding hydrogens is 298 g/mol. The molecule has 6 nitrogen and oxygen atoms in total. The van der Waals surface area contributed by atoms with E-state index in [4.69, 9.17) is 9.47 Å². The largest absolute Gasteiger partial charge is 0.465 e. The molecule has 1 amide bonds. The van der Waals surface area contributed by atoms with Crippen LogP contribution < -0.4 is 10.1 Å². The Labute approximate surface area is 134 Å². The number of ether oxygens (including phenoxy) is 3. The number of methoxy groups -OCH3 is 1. The second kappa shape index (κ2) is 8.43. The minimum atomic E-state index is -1.29. The van der Waals surface area contributed by atoms with Gasteiger partial charge in [-0.05, 0) is 17.7 Å². The Morgan fingerprint density at radius 2 is 1.61 bits per heavy atom. The first-order valence-corrected chi connectivity index (χ1v) is 6.96. The van der Waals surface area contributed by atoms with E-state index in [1.54, 1.807) is 24.3 Å². The van der Waals surface area contributed by atoms with Crippen molar-refractivity contribution in [2.45, 2.75) is 12.8 Å². The van der Waals surface area contributed by atoms with Gasteiger partial charge < -0.3 is 14.2 Å². The highest BCUT2D eigenvalue weighted by atomic mass is 16.6. The molecule has 6 heteroatoms. The normalized spacial score (nSPS) is 11.2. The van der Waals surface area contributed by atoms with E-state index in [-0.39, 0.29) is 6.61 Å². The van der Waals surface area contributed by atoms with Crippen molar-refractivity contribution in [3.8, 4) is 5.75 Å². The SMILES string of the molecule is COC(=O)C(NC(=O)OCc1ccccc1)Oc1ccccc1. The topological polar surface area (TPSA) is 73.9 Å². The summed E-state index contributed by atoms with van der Waals surface area (Å²) in [5.74, 6) is -0.309. The molecule has 0 radical (unpaired) electrons. The number of nitrogens with one attached hydrogen (secondary N) is 1. The summed E-state index contributed by atoms with van der Waals surface area (Å²) in [6.07, 6.45) is -2.06. The predicted octanol–water partition coefficient (Wildman–Crippen LogP) is 2.49. The Morgan fingerprint density at radius 3 is 2.22 bits per heavy atom. The maximum Gasteiger partial charge on any atom is 0.410 e. The highest BCUT2D eigenvalue weighted by Gasteiger charge is 2.24. The molecule has 23 heavy (non-hydrogen) atoms. The van der Waals surface area contributed by atoms with Gasteiger partial charge in [0.15, 0.2) is 0 Å². The predicted molar refractivity (Wildman–Crippen MR) is 82.6 cm³/mol.